The van der Waals surface area contributed by atoms with Crippen molar-refractivity contribution in [3.05, 3.63) is 76.0 Å². The fourth-order valence-electron chi connectivity index (χ4n) is 9.58. The third-order valence-corrected chi connectivity index (χ3v) is 17.1. The molecule has 0 bridgehead atoms. The molecular weight excluding hydrogens is 974 g/mol. The zero-order valence-corrected chi connectivity index (χ0v) is 43.1. The third-order valence-electron chi connectivity index (χ3n) is 14.2. The van der Waals surface area contributed by atoms with Crippen LogP contribution in [0.5, 0.6) is 5.75 Å². The zero-order valence-electron chi connectivity index (χ0n) is 40.7. The summed E-state index contributed by atoms with van der Waals surface area (Å²) in [4.78, 5) is 74.3. The molecule has 4 heterocycles. The molecule has 2 aliphatic heterocycles. The number of thiazole rings is 1. The number of aryl methyl sites for hydroxylation is 1. The quantitative estimate of drug-likeness (QED) is 0.0713. The summed E-state index contributed by atoms with van der Waals surface area (Å²) >= 11 is 9.16. The average Bonchev–Trinajstić information content (AvgIpc) is 3.87. The molecule has 0 unspecified atom stereocenters. The van der Waals surface area contributed by atoms with Gasteiger partial charge in [0.05, 0.1) is 41.6 Å². The predicted octanol–water partition coefficient (Wildman–Crippen LogP) is 6.64. The van der Waals surface area contributed by atoms with Crippen molar-refractivity contribution in [2.45, 2.75) is 101 Å². The number of benzene rings is 2. The number of hydrogen-bond donors (Lipinski definition) is 5. The smallest absolute Gasteiger partial charge is 0.258 e. The molecule has 16 nitrogen and oxygen atoms in total. The van der Waals surface area contributed by atoms with Gasteiger partial charge in [0.1, 0.15) is 34.8 Å². The van der Waals surface area contributed by atoms with Gasteiger partial charge in [-0.2, -0.15) is 16.7 Å². The molecule has 4 fully saturated rings. The van der Waals surface area contributed by atoms with Crippen molar-refractivity contribution in [1.29, 1.82) is 0 Å². The minimum atomic E-state index is -2.08. The third kappa shape index (κ3) is 12.2. The van der Waals surface area contributed by atoms with Crippen molar-refractivity contribution in [1.82, 2.24) is 40.3 Å². The van der Waals surface area contributed by atoms with Crippen LogP contribution in [0.15, 0.2) is 54.2 Å². The van der Waals surface area contributed by atoms with E-state index in [0.29, 0.717) is 64.5 Å². The van der Waals surface area contributed by atoms with Gasteiger partial charge in [-0.15, -0.1) is 11.3 Å². The van der Waals surface area contributed by atoms with Gasteiger partial charge in [-0.3, -0.25) is 24.1 Å². The summed E-state index contributed by atoms with van der Waals surface area (Å²) in [5, 5.41) is 22.5. The number of carbonyl (C=O) groups excluding carboxylic acids is 4. The molecule has 21 heteroatoms. The van der Waals surface area contributed by atoms with Gasteiger partial charge in [0.15, 0.2) is 11.8 Å². The van der Waals surface area contributed by atoms with Crippen LogP contribution in [0.3, 0.4) is 0 Å². The number of carbonyl (C=O) groups is 4. The number of aliphatic hydroxyl groups excluding tert-OH is 1. The number of β-amino-alcohol motifs (C(OH)–C–C–N with tert-alkyl or cyclic N) is 1. The van der Waals surface area contributed by atoms with Crippen LogP contribution in [0.1, 0.15) is 74.0 Å². The Balaban J connectivity index is 0.818. The molecule has 2 saturated heterocycles. The van der Waals surface area contributed by atoms with E-state index in [1.807, 2.05) is 36.1 Å². The van der Waals surface area contributed by atoms with E-state index in [0.717, 1.165) is 71.9 Å². The van der Waals surface area contributed by atoms with Crippen LogP contribution in [-0.4, -0.2) is 152 Å². The van der Waals surface area contributed by atoms with E-state index in [4.69, 9.17) is 16.3 Å². The molecule has 71 heavy (non-hydrogen) atoms. The highest BCUT2D eigenvalue weighted by molar-refractivity contribution is 8.00. The largest absolute Gasteiger partial charge is 0.495 e. The number of methoxy groups -OCH3 is 1. The summed E-state index contributed by atoms with van der Waals surface area (Å²) in [5.41, 5.74) is 3.47. The first-order valence-electron chi connectivity index (χ1n) is 24.2. The highest BCUT2D eigenvalue weighted by Gasteiger charge is 2.55. The normalized spacial score (nSPS) is 22.6. The molecule has 0 radical (unpaired) electrons. The maximum absolute atomic E-state index is 15.7. The standard InChI is InChI=1S/C50H63ClF2N10O6S2/c1-29-41(70-28-57-29)33-12-10-30(11-13-33)23-55-44(65)40-39(52)37(64)26-63(40)46(67)42(59-47(68)50(53)16-17-50)49(2,3)71-27-32-8-6-31(7-9-32)25-61-18-20-62(21-19-61)45(66)34-14-15-36(38(22-34)69-5)58-48-56-24-35(51)43(54-4)60-48/h10-15,22,24,28,31-32,37,39-40,42,64H,6-9,16-21,23,25-27H2,1-5H3,(H,55,65)(H,59,68)(H2,54,56,58,60)/t31?,32?,37-,39-,40+,42+/m0/s1. The number of aromatic nitrogens is 3. The topological polar surface area (TPSA) is 194 Å². The Morgan fingerprint density at radius 2 is 1.73 bits per heavy atom. The number of halogens is 3. The average molecular weight is 1040 g/mol. The Morgan fingerprint density at radius 1 is 1.03 bits per heavy atom. The van der Waals surface area contributed by atoms with Crippen molar-refractivity contribution in [3.63, 3.8) is 0 Å². The number of thioether (sulfide) groups is 1. The lowest BCUT2D eigenvalue weighted by Gasteiger charge is -2.40. The number of amides is 4. The van der Waals surface area contributed by atoms with Crippen molar-refractivity contribution in [2.75, 3.05) is 69.8 Å². The Kier molecular flexibility index (Phi) is 16.4. The van der Waals surface area contributed by atoms with Crippen molar-refractivity contribution in [3.8, 4) is 16.2 Å². The van der Waals surface area contributed by atoms with Gasteiger partial charge in [0, 0.05) is 56.6 Å². The summed E-state index contributed by atoms with van der Waals surface area (Å²) in [6, 6.07) is 9.84. The van der Waals surface area contributed by atoms with Crippen molar-refractivity contribution >= 4 is 75.8 Å². The van der Waals surface area contributed by atoms with Gasteiger partial charge in [-0.05, 0) is 106 Å². The zero-order chi connectivity index (χ0) is 50.6. The van der Waals surface area contributed by atoms with Crippen LogP contribution >= 0.6 is 34.7 Å². The first-order valence-corrected chi connectivity index (χ1v) is 26.4. The van der Waals surface area contributed by atoms with E-state index >= 15 is 8.78 Å². The van der Waals surface area contributed by atoms with Crippen LogP contribution in [0.4, 0.5) is 26.2 Å². The SMILES string of the molecule is CNc1nc(Nc2ccc(C(=O)N3CCN(CC4CCC(CSC(C)(C)[C@H](NC(=O)C5(F)CC5)C(=O)N5C[C@H](O)[C@H](F)[C@@H]5C(=O)NCc5ccc(-c6scnc6C)cc5)CC4)CC3)cc2OC)ncc1Cl. The van der Waals surface area contributed by atoms with Crippen LogP contribution < -0.4 is 26.0 Å². The number of hydrogen-bond acceptors (Lipinski definition) is 14. The Bertz CT molecular complexity index is 2560. The van der Waals surface area contributed by atoms with E-state index in [9.17, 15) is 24.3 Å². The van der Waals surface area contributed by atoms with Gasteiger partial charge < -0.3 is 40.9 Å². The molecule has 4 atom stereocenters. The van der Waals surface area contributed by atoms with Gasteiger partial charge >= 0.3 is 0 Å². The molecule has 2 aromatic heterocycles. The molecule has 0 spiro atoms. The molecule has 4 aromatic rings. The molecule has 382 valence electrons. The Hall–Kier alpha value is -5.15. The minimum Gasteiger partial charge on any atom is -0.495 e. The number of alkyl halides is 2. The second-order valence-corrected chi connectivity index (χ2v) is 22.5. The molecule has 2 saturated carbocycles. The second kappa shape index (κ2) is 22.3. The summed E-state index contributed by atoms with van der Waals surface area (Å²) in [6.45, 7) is 8.81. The van der Waals surface area contributed by atoms with Gasteiger partial charge in [0.25, 0.3) is 11.8 Å². The van der Waals surface area contributed by atoms with E-state index in [1.54, 1.807) is 51.7 Å². The maximum atomic E-state index is 15.7. The number of nitrogens with one attached hydrogen (secondary N) is 4. The lowest BCUT2D eigenvalue weighted by atomic mass is 9.82. The summed E-state index contributed by atoms with van der Waals surface area (Å²) in [7, 11) is 3.26. The van der Waals surface area contributed by atoms with Crippen molar-refractivity contribution < 1.29 is 37.8 Å². The Morgan fingerprint density at radius 3 is 2.38 bits per heavy atom. The van der Waals surface area contributed by atoms with E-state index < -0.39 is 59.0 Å². The van der Waals surface area contributed by atoms with E-state index in [-0.39, 0.29) is 25.3 Å². The number of likely N-dealkylation sites (tertiary alicyclic amines) is 1. The highest BCUT2D eigenvalue weighted by Crippen LogP contribution is 2.42. The number of piperazine rings is 1. The molecule has 4 aliphatic rings. The first-order chi connectivity index (χ1) is 34.0. The molecule has 5 N–H and O–H groups in total. The molecule has 2 aliphatic carbocycles. The van der Waals surface area contributed by atoms with Crippen LogP contribution in [0.2, 0.25) is 5.02 Å². The van der Waals surface area contributed by atoms with Crippen LogP contribution in [-0.2, 0) is 20.9 Å². The highest BCUT2D eigenvalue weighted by atomic mass is 35.5. The van der Waals surface area contributed by atoms with Gasteiger partial charge in [0.2, 0.25) is 17.8 Å². The second-order valence-electron chi connectivity index (χ2n) is 19.6. The molecule has 8 rings (SSSR count). The van der Waals surface area contributed by atoms with Crippen LogP contribution in [0.25, 0.3) is 10.4 Å². The number of rotatable bonds is 18. The number of aliphatic hydroxyl groups is 1. The first kappa shape index (κ1) is 52.2. The lowest BCUT2D eigenvalue weighted by Crippen LogP contribution is -2.61. The van der Waals surface area contributed by atoms with E-state index in [2.05, 4.69) is 41.1 Å². The van der Waals surface area contributed by atoms with Crippen LogP contribution in [0, 0.1) is 18.8 Å². The van der Waals surface area contributed by atoms with Gasteiger partial charge in [-0.1, -0.05) is 35.9 Å². The monoisotopic (exact) mass is 1040 g/mol. The fraction of sp³-hybridized carbons (Fsp3) is 0.540. The molecule has 4 amide bonds. The van der Waals surface area contributed by atoms with Gasteiger partial charge in [-0.25, -0.2) is 18.7 Å². The predicted molar refractivity (Wildman–Crippen MR) is 273 cm³/mol. The summed E-state index contributed by atoms with van der Waals surface area (Å²) in [5.74, 6) is 0.291. The van der Waals surface area contributed by atoms with Crippen molar-refractivity contribution in [2.24, 2.45) is 11.8 Å². The minimum absolute atomic E-state index is 0.0412. The fourth-order valence-corrected chi connectivity index (χ4v) is 11.9. The summed E-state index contributed by atoms with van der Waals surface area (Å²) < 4.78 is 35.5. The number of anilines is 3. The van der Waals surface area contributed by atoms with E-state index in [1.165, 1.54) is 29.3 Å². The number of ether oxygens (including phenoxy) is 1. The maximum Gasteiger partial charge on any atom is 0.258 e. The Labute approximate surface area is 426 Å². The summed E-state index contributed by atoms with van der Waals surface area (Å²) in [6.07, 6.45) is 1.86. The number of nitrogens with zero attached hydrogens (tertiary/aromatic N) is 6. The molecular formula is C50H63ClF2N10O6S2. The lowest BCUT2D eigenvalue weighted by molar-refractivity contribution is -0.143. The molecule has 2 aromatic carbocycles.